The van der Waals surface area contributed by atoms with Gasteiger partial charge in [0.1, 0.15) is 26.2 Å². The summed E-state index contributed by atoms with van der Waals surface area (Å²) in [6.07, 6.45) is 2.95. The van der Waals surface area contributed by atoms with Crippen molar-refractivity contribution in [3.8, 4) is 0 Å². The number of furan rings is 1. The van der Waals surface area contributed by atoms with Crippen molar-refractivity contribution in [2.75, 3.05) is 5.73 Å². The monoisotopic (exact) mass is 423 g/mol. The maximum Gasteiger partial charge on any atom is 0.221 e. The molecule has 29 heavy (non-hydrogen) atoms. The average Bonchev–Trinajstić information content (AvgIpc) is 3.46. The summed E-state index contributed by atoms with van der Waals surface area (Å²) in [5.41, 5.74) is 7.86. The molecule has 1 aromatic carbocycles. The van der Waals surface area contributed by atoms with E-state index < -0.39 is 9.84 Å². The van der Waals surface area contributed by atoms with Gasteiger partial charge in [-0.25, -0.2) is 18.4 Å². The first-order chi connectivity index (χ1) is 14.1. The molecule has 0 aliphatic rings. The lowest BCUT2D eigenvalue weighted by Crippen LogP contribution is -2.05. The van der Waals surface area contributed by atoms with Gasteiger partial charge < -0.3 is 10.2 Å². The van der Waals surface area contributed by atoms with Gasteiger partial charge in [-0.05, 0) is 35.7 Å². The van der Waals surface area contributed by atoms with Gasteiger partial charge >= 0.3 is 0 Å². The van der Waals surface area contributed by atoms with Crippen molar-refractivity contribution in [1.82, 2.24) is 14.6 Å². The van der Waals surface area contributed by atoms with Crippen molar-refractivity contribution >= 4 is 55.4 Å². The number of nitrogens with two attached hydrogens (primary N) is 1. The van der Waals surface area contributed by atoms with Gasteiger partial charge in [-0.3, -0.25) is 0 Å². The summed E-state index contributed by atoms with van der Waals surface area (Å²) in [5.74, 6) is 0.425. The van der Waals surface area contributed by atoms with Crippen LogP contribution in [0.3, 0.4) is 0 Å². The summed E-state index contributed by atoms with van der Waals surface area (Å²) in [7, 11) is -3.90. The number of fused-ring (bicyclic) bond motifs is 2. The van der Waals surface area contributed by atoms with E-state index in [0.717, 1.165) is 11.3 Å². The Labute approximate surface area is 168 Å². The minimum Gasteiger partial charge on any atom is -0.463 e. The van der Waals surface area contributed by atoms with Crippen molar-refractivity contribution in [3.63, 3.8) is 0 Å². The van der Waals surface area contributed by atoms with E-state index in [0.29, 0.717) is 16.8 Å². The molecule has 0 fully saturated rings. The van der Waals surface area contributed by atoms with Gasteiger partial charge in [0.05, 0.1) is 23.5 Å². The Morgan fingerprint density at radius 1 is 1.07 bits per heavy atom. The Morgan fingerprint density at radius 2 is 1.86 bits per heavy atom. The molecule has 5 aromatic rings. The molecule has 0 atom stereocenters. The van der Waals surface area contributed by atoms with Crippen LogP contribution in [-0.4, -0.2) is 29.3 Å². The molecule has 0 amide bonds. The minimum atomic E-state index is -3.90. The first-order valence-electron chi connectivity index (χ1n) is 8.49. The fourth-order valence-corrected chi connectivity index (χ4v) is 5.58. The van der Waals surface area contributed by atoms with Crippen LogP contribution in [0.1, 0.15) is 5.76 Å². The lowest BCUT2D eigenvalue weighted by molar-refractivity contribution is 0.559. The highest BCUT2D eigenvalue weighted by atomic mass is 32.2. The zero-order chi connectivity index (χ0) is 20.0. The number of hydrogen-bond acceptors (Lipinski definition) is 8. The second kappa shape index (κ2) is 6.54. The largest absolute Gasteiger partial charge is 0.463 e. The molecule has 0 saturated carbocycles. The van der Waals surface area contributed by atoms with Crippen molar-refractivity contribution in [2.24, 2.45) is 5.10 Å². The van der Waals surface area contributed by atoms with E-state index in [2.05, 4.69) is 15.1 Å². The number of benzene rings is 1. The van der Waals surface area contributed by atoms with Gasteiger partial charge in [-0.2, -0.15) is 9.78 Å². The molecule has 0 aliphatic carbocycles. The van der Waals surface area contributed by atoms with E-state index in [9.17, 15) is 8.42 Å². The Morgan fingerprint density at radius 3 is 2.55 bits per heavy atom. The predicted molar refractivity (Wildman–Crippen MR) is 111 cm³/mol. The van der Waals surface area contributed by atoms with E-state index in [4.69, 9.17) is 10.2 Å². The van der Waals surface area contributed by atoms with Crippen molar-refractivity contribution < 1.29 is 12.8 Å². The Kier molecular flexibility index (Phi) is 3.96. The molecule has 8 nitrogen and oxygen atoms in total. The SMILES string of the molecule is Nc1c(S(=O)(=O)c2cccs2)c2nc3ccccc3nc2n1/N=C\c1ccco1. The molecule has 2 N–H and O–H groups in total. The van der Waals surface area contributed by atoms with E-state index in [1.54, 1.807) is 35.7 Å². The van der Waals surface area contributed by atoms with Crippen LogP contribution in [0.2, 0.25) is 0 Å². The fraction of sp³-hybridized carbons (Fsp3) is 0. The molecule has 0 saturated heterocycles. The maximum atomic E-state index is 13.3. The second-order valence-corrected chi connectivity index (χ2v) is 9.17. The van der Waals surface area contributed by atoms with Gasteiger partial charge in [0.2, 0.25) is 9.84 Å². The van der Waals surface area contributed by atoms with Crippen molar-refractivity contribution in [1.29, 1.82) is 0 Å². The van der Waals surface area contributed by atoms with Crippen LogP contribution < -0.4 is 5.73 Å². The van der Waals surface area contributed by atoms with E-state index in [-0.39, 0.29) is 26.1 Å². The number of aromatic nitrogens is 3. The standard InChI is InChI=1S/C19H13N5O3S2/c20-18-17(29(25,26)15-8-4-10-28-15)16-19(23-14-7-2-1-6-13(14)22-16)24(18)21-11-12-5-3-9-27-12/h1-11H,20H2/b21-11-. The number of rotatable bonds is 4. The highest BCUT2D eigenvalue weighted by molar-refractivity contribution is 7.93. The van der Waals surface area contributed by atoms with Crippen LogP contribution in [0.25, 0.3) is 22.2 Å². The van der Waals surface area contributed by atoms with E-state index in [1.165, 1.54) is 23.2 Å². The van der Waals surface area contributed by atoms with Gasteiger partial charge in [0.25, 0.3) is 0 Å². The first-order valence-corrected chi connectivity index (χ1v) is 10.8. The van der Waals surface area contributed by atoms with Crippen LogP contribution in [0.4, 0.5) is 5.82 Å². The second-order valence-electron chi connectivity index (χ2n) is 6.11. The van der Waals surface area contributed by atoms with Crippen LogP contribution in [0, 0.1) is 0 Å². The van der Waals surface area contributed by atoms with Gasteiger partial charge in [0.15, 0.2) is 5.65 Å². The molecule has 0 unspecified atom stereocenters. The predicted octanol–water partition coefficient (Wildman–Crippen LogP) is 3.54. The van der Waals surface area contributed by atoms with Crippen LogP contribution in [0.5, 0.6) is 0 Å². The Bertz CT molecular complexity index is 1470. The topological polar surface area (TPSA) is 116 Å². The summed E-state index contributed by atoms with van der Waals surface area (Å²) in [5, 5.41) is 6.00. The summed E-state index contributed by atoms with van der Waals surface area (Å²) in [4.78, 5) is 9.01. The number of thiophene rings is 1. The van der Waals surface area contributed by atoms with Gasteiger partial charge in [-0.15, -0.1) is 11.3 Å². The third-order valence-electron chi connectivity index (χ3n) is 4.30. The molecule has 4 aromatic heterocycles. The summed E-state index contributed by atoms with van der Waals surface area (Å²) in [6.45, 7) is 0. The zero-order valence-corrected chi connectivity index (χ0v) is 16.4. The number of nitrogen functional groups attached to an aromatic ring is 1. The molecular formula is C19H13N5O3S2. The maximum absolute atomic E-state index is 13.3. The van der Waals surface area contributed by atoms with E-state index >= 15 is 0 Å². The molecule has 0 bridgehead atoms. The summed E-state index contributed by atoms with van der Waals surface area (Å²) in [6, 6.07) is 13.8. The van der Waals surface area contributed by atoms with Crippen molar-refractivity contribution in [3.05, 3.63) is 65.9 Å². The fourth-order valence-electron chi connectivity index (χ4n) is 3.00. The summed E-state index contributed by atoms with van der Waals surface area (Å²) < 4.78 is 33.3. The third-order valence-corrected chi connectivity index (χ3v) is 7.52. The first kappa shape index (κ1) is 17.6. The highest BCUT2D eigenvalue weighted by Gasteiger charge is 2.31. The van der Waals surface area contributed by atoms with Crippen LogP contribution >= 0.6 is 11.3 Å². The van der Waals surface area contributed by atoms with Crippen LogP contribution in [-0.2, 0) is 9.84 Å². The minimum absolute atomic E-state index is 0.0634. The molecule has 5 rings (SSSR count). The molecule has 0 radical (unpaired) electrons. The van der Waals surface area contributed by atoms with E-state index in [1.807, 2.05) is 12.1 Å². The highest BCUT2D eigenvalue weighted by Crippen LogP contribution is 2.36. The molecule has 10 heteroatoms. The normalized spacial score (nSPS) is 12.4. The number of para-hydroxylation sites is 2. The van der Waals surface area contributed by atoms with Crippen molar-refractivity contribution in [2.45, 2.75) is 9.10 Å². The molecule has 144 valence electrons. The molecule has 0 spiro atoms. The smallest absolute Gasteiger partial charge is 0.221 e. The number of anilines is 1. The van der Waals surface area contributed by atoms with Crippen LogP contribution in [0.15, 0.2) is 78.8 Å². The zero-order valence-electron chi connectivity index (χ0n) is 14.8. The lowest BCUT2D eigenvalue weighted by Gasteiger charge is -2.02. The Balaban J connectivity index is 1.85. The Hall–Kier alpha value is -3.50. The number of nitrogens with zero attached hydrogens (tertiary/aromatic N) is 4. The molecule has 0 aliphatic heterocycles. The summed E-state index contributed by atoms with van der Waals surface area (Å²) >= 11 is 1.11. The third kappa shape index (κ3) is 2.80. The molecular weight excluding hydrogens is 410 g/mol. The van der Waals surface area contributed by atoms with Gasteiger partial charge in [-0.1, -0.05) is 18.2 Å². The quantitative estimate of drug-likeness (QED) is 0.442. The van der Waals surface area contributed by atoms with Gasteiger partial charge in [0, 0.05) is 0 Å². The number of sulfone groups is 1. The lowest BCUT2D eigenvalue weighted by atomic mass is 10.3. The number of hydrogen-bond donors (Lipinski definition) is 1. The average molecular weight is 423 g/mol. The molecule has 4 heterocycles.